The Morgan fingerprint density at radius 2 is 2.10 bits per heavy atom. The number of aromatic nitrogens is 2. The minimum absolute atomic E-state index is 0.0291. The lowest BCUT2D eigenvalue weighted by molar-refractivity contribution is 0.506. The highest BCUT2D eigenvalue weighted by atomic mass is 19.1. The van der Waals surface area contributed by atoms with Gasteiger partial charge in [0.25, 0.3) is 0 Å². The number of rotatable bonds is 6. The van der Waals surface area contributed by atoms with Crippen molar-refractivity contribution in [1.29, 1.82) is 0 Å². The lowest BCUT2D eigenvalue weighted by Gasteiger charge is -2.19. The van der Waals surface area contributed by atoms with Gasteiger partial charge in [0.15, 0.2) is 0 Å². The standard InChI is InChI=1S/C16H21F2N3/c1-4-7-19-16(14-10-20-21(3)11(14)2)8-12-5-6-13(17)9-15(12)18/h5-6,9-10,16,19H,4,7-8H2,1-3H3. The van der Waals surface area contributed by atoms with Crippen molar-refractivity contribution in [2.45, 2.75) is 32.7 Å². The summed E-state index contributed by atoms with van der Waals surface area (Å²) in [5.41, 5.74) is 2.61. The molecule has 1 aromatic heterocycles. The fourth-order valence-electron chi connectivity index (χ4n) is 2.38. The van der Waals surface area contributed by atoms with Crippen LogP contribution in [0.3, 0.4) is 0 Å². The largest absolute Gasteiger partial charge is 0.310 e. The number of benzene rings is 1. The first-order valence-electron chi connectivity index (χ1n) is 7.18. The van der Waals surface area contributed by atoms with Crippen molar-refractivity contribution in [3.05, 3.63) is 52.9 Å². The predicted molar refractivity (Wildman–Crippen MR) is 79.0 cm³/mol. The molecule has 3 nitrogen and oxygen atoms in total. The fourth-order valence-corrected chi connectivity index (χ4v) is 2.38. The molecule has 0 aliphatic carbocycles. The van der Waals surface area contributed by atoms with E-state index in [1.54, 1.807) is 4.68 Å². The van der Waals surface area contributed by atoms with Crippen LogP contribution in [0.1, 0.15) is 36.2 Å². The smallest absolute Gasteiger partial charge is 0.129 e. The molecular formula is C16H21F2N3. The molecule has 0 aliphatic rings. The van der Waals surface area contributed by atoms with Crippen LogP contribution in [0, 0.1) is 18.6 Å². The van der Waals surface area contributed by atoms with Gasteiger partial charge in [-0.2, -0.15) is 5.10 Å². The van der Waals surface area contributed by atoms with E-state index in [9.17, 15) is 8.78 Å². The zero-order chi connectivity index (χ0) is 15.4. The molecule has 1 unspecified atom stereocenters. The normalized spacial score (nSPS) is 12.6. The molecule has 0 bridgehead atoms. The summed E-state index contributed by atoms with van der Waals surface area (Å²) in [7, 11) is 1.88. The van der Waals surface area contributed by atoms with Crippen LogP contribution in [-0.2, 0) is 13.5 Å². The molecule has 0 radical (unpaired) electrons. The Morgan fingerprint density at radius 1 is 1.33 bits per heavy atom. The molecule has 0 fully saturated rings. The number of hydrogen-bond acceptors (Lipinski definition) is 2. The first-order valence-corrected chi connectivity index (χ1v) is 7.18. The molecule has 1 atom stereocenters. The van der Waals surface area contributed by atoms with Crippen molar-refractivity contribution >= 4 is 0 Å². The third-order valence-electron chi connectivity index (χ3n) is 3.73. The van der Waals surface area contributed by atoms with Crippen LogP contribution in [-0.4, -0.2) is 16.3 Å². The summed E-state index contributed by atoms with van der Waals surface area (Å²) in [5, 5.41) is 7.66. The minimum atomic E-state index is -0.549. The summed E-state index contributed by atoms with van der Waals surface area (Å²) >= 11 is 0. The van der Waals surface area contributed by atoms with Gasteiger partial charge in [-0.15, -0.1) is 0 Å². The summed E-state index contributed by atoms with van der Waals surface area (Å²) in [5.74, 6) is -1.05. The Kier molecular flexibility index (Phi) is 5.07. The average Bonchev–Trinajstić information content (AvgIpc) is 2.77. The van der Waals surface area contributed by atoms with Crippen molar-refractivity contribution in [2.24, 2.45) is 7.05 Å². The van der Waals surface area contributed by atoms with Crippen LogP contribution >= 0.6 is 0 Å². The van der Waals surface area contributed by atoms with Gasteiger partial charge < -0.3 is 5.32 Å². The molecule has 0 saturated carbocycles. The molecule has 0 amide bonds. The third kappa shape index (κ3) is 3.67. The van der Waals surface area contributed by atoms with Gasteiger partial charge in [-0.1, -0.05) is 13.0 Å². The summed E-state index contributed by atoms with van der Waals surface area (Å²) in [6.45, 7) is 4.91. The van der Waals surface area contributed by atoms with E-state index in [0.29, 0.717) is 12.0 Å². The molecule has 114 valence electrons. The predicted octanol–water partition coefficient (Wildman–Crippen LogP) is 3.29. The van der Waals surface area contributed by atoms with Gasteiger partial charge in [-0.25, -0.2) is 8.78 Å². The van der Waals surface area contributed by atoms with Gasteiger partial charge in [0.05, 0.1) is 6.20 Å². The molecule has 2 aromatic rings. The van der Waals surface area contributed by atoms with Crippen molar-refractivity contribution in [2.75, 3.05) is 6.54 Å². The highest BCUT2D eigenvalue weighted by molar-refractivity contribution is 5.26. The zero-order valence-corrected chi connectivity index (χ0v) is 12.7. The van der Waals surface area contributed by atoms with Crippen LogP contribution in [0.4, 0.5) is 8.78 Å². The van der Waals surface area contributed by atoms with E-state index in [-0.39, 0.29) is 6.04 Å². The van der Waals surface area contributed by atoms with Crippen molar-refractivity contribution < 1.29 is 8.78 Å². The Morgan fingerprint density at radius 3 is 2.67 bits per heavy atom. The van der Waals surface area contributed by atoms with E-state index in [0.717, 1.165) is 30.3 Å². The molecule has 0 spiro atoms. The maximum absolute atomic E-state index is 13.9. The Hall–Kier alpha value is -1.75. The second kappa shape index (κ2) is 6.80. The minimum Gasteiger partial charge on any atom is -0.310 e. The lowest BCUT2D eigenvalue weighted by Crippen LogP contribution is -2.25. The van der Waals surface area contributed by atoms with Crippen molar-refractivity contribution in [3.8, 4) is 0 Å². The topological polar surface area (TPSA) is 29.9 Å². The van der Waals surface area contributed by atoms with Crippen LogP contribution < -0.4 is 5.32 Å². The Balaban J connectivity index is 2.26. The Bertz CT molecular complexity index is 608. The van der Waals surface area contributed by atoms with Crippen LogP contribution in [0.25, 0.3) is 0 Å². The molecule has 21 heavy (non-hydrogen) atoms. The number of nitrogens with zero attached hydrogens (tertiary/aromatic N) is 2. The van der Waals surface area contributed by atoms with E-state index < -0.39 is 11.6 Å². The summed E-state index contributed by atoms with van der Waals surface area (Å²) < 4.78 is 28.7. The average molecular weight is 293 g/mol. The van der Waals surface area contributed by atoms with E-state index in [1.165, 1.54) is 12.1 Å². The third-order valence-corrected chi connectivity index (χ3v) is 3.73. The van der Waals surface area contributed by atoms with Crippen molar-refractivity contribution in [1.82, 2.24) is 15.1 Å². The molecule has 5 heteroatoms. The summed E-state index contributed by atoms with van der Waals surface area (Å²) in [6.07, 6.45) is 3.27. The maximum Gasteiger partial charge on any atom is 0.129 e. The van der Waals surface area contributed by atoms with E-state index in [4.69, 9.17) is 0 Å². The number of halogens is 2. The molecule has 2 rings (SSSR count). The van der Waals surface area contributed by atoms with Gasteiger partial charge in [-0.3, -0.25) is 4.68 Å². The van der Waals surface area contributed by atoms with Gasteiger partial charge in [0, 0.05) is 30.4 Å². The van der Waals surface area contributed by atoms with Crippen LogP contribution in [0.2, 0.25) is 0 Å². The second-order valence-corrected chi connectivity index (χ2v) is 5.26. The van der Waals surface area contributed by atoms with E-state index in [1.807, 2.05) is 20.2 Å². The molecule has 1 aromatic carbocycles. The highest BCUT2D eigenvalue weighted by Gasteiger charge is 2.18. The van der Waals surface area contributed by atoms with Gasteiger partial charge in [0.2, 0.25) is 0 Å². The number of nitrogens with one attached hydrogen (secondary N) is 1. The van der Waals surface area contributed by atoms with E-state index in [2.05, 4.69) is 17.3 Å². The van der Waals surface area contributed by atoms with Gasteiger partial charge in [0.1, 0.15) is 11.6 Å². The zero-order valence-electron chi connectivity index (χ0n) is 12.7. The van der Waals surface area contributed by atoms with Crippen molar-refractivity contribution in [3.63, 3.8) is 0 Å². The Labute approximate surface area is 124 Å². The first-order chi connectivity index (χ1) is 10.0. The molecule has 0 aliphatic heterocycles. The van der Waals surface area contributed by atoms with E-state index >= 15 is 0 Å². The van der Waals surface area contributed by atoms with Gasteiger partial charge >= 0.3 is 0 Å². The van der Waals surface area contributed by atoms with Crippen LogP contribution in [0.15, 0.2) is 24.4 Å². The molecule has 0 saturated heterocycles. The lowest BCUT2D eigenvalue weighted by atomic mass is 9.99. The second-order valence-electron chi connectivity index (χ2n) is 5.26. The number of hydrogen-bond donors (Lipinski definition) is 1. The maximum atomic E-state index is 13.9. The quantitative estimate of drug-likeness (QED) is 0.885. The van der Waals surface area contributed by atoms with Crippen LogP contribution in [0.5, 0.6) is 0 Å². The fraction of sp³-hybridized carbons (Fsp3) is 0.438. The summed E-state index contributed by atoms with van der Waals surface area (Å²) in [6, 6.07) is 3.71. The SMILES string of the molecule is CCCNC(Cc1ccc(F)cc1F)c1cnn(C)c1C. The summed E-state index contributed by atoms with van der Waals surface area (Å²) in [4.78, 5) is 0. The number of aryl methyl sites for hydroxylation is 1. The molecule has 1 heterocycles. The monoisotopic (exact) mass is 293 g/mol. The molecular weight excluding hydrogens is 272 g/mol. The van der Waals surface area contributed by atoms with Gasteiger partial charge in [-0.05, 0) is 37.9 Å². The molecule has 1 N–H and O–H groups in total. The highest BCUT2D eigenvalue weighted by Crippen LogP contribution is 2.23. The first kappa shape index (κ1) is 15.6.